The molecule has 0 spiro atoms. The zero-order valence-corrected chi connectivity index (χ0v) is 12.9. The summed E-state index contributed by atoms with van der Waals surface area (Å²) >= 11 is 0. The van der Waals surface area contributed by atoms with Crippen molar-refractivity contribution in [1.82, 2.24) is 4.90 Å². The van der Waals surface area contributed by atoms with Crippen LogP contribution in [0, 0.1) is 11.8 Å². The smallest absolute Gasteiger partial charge is 0.179 e. The maximum Gasteiger partial charge on any atom is 0.179 e. The fraction of sp³-hybridized carbons (Fsp3) is 0.588. The first kappa shape index (κ1) is 15.0. The van der Waals surface area contributed by atoms with Gasteiger partial charge in [-0.3, -0.25) is 9.69 Å². The Hall–Kier alpha value is -1.35. The molecular weight excluding hydrogens is 250 g/mol. The summed E-state index contributed by atoms with van der Waals surface area (Å²) in [5, 5.41) is 0. The number of likely N-dealkylation sites (tertiary alicyclic amines) is 1. The van der Waals surface area contributed by atoms with Crippen molar-refractivity contribution in [1.29, 1.82) is 0 Å². The Morgan fingerprint density at radius 1 is 1.20 bits per heavy atom. The molecule has 0 amide bonds. The molecule has 0 aliphatic carbocycles. The number of hydrogen-bond donors (Lipinski definition) is 0. The number of carbonyl (C=O) groups is 1. The van der Waals surface area contributed by atoms with Crippen molar-refractivity contribution >= 4 is 5.78 Å². The molecule has 1 aromatic carbocycles. The van der Waals surface area contributed by atoms with E-state index in [4.69, 9.17) is 4.74 Å². The fourth-order valence-electron chi connectivity index (χ4n) is 3.19. The van der Waals surface area contributed by atoms with Gasteiger partial charge in [0.15, 0.2) is 5.78 Å². The molecule has 3 unspecified atom stereocenters. The molecule has 1 saturated heterocycles. The number of nitrogens with zero attached hydrogens (tertiary/aromatic N) is 1. The molecule has 1 aromatic rings. The van der Waals surface area contributed by atoms with Gasteiger partial charge < -0.3 is 4.74 Å². The summed E-state index contributed by atoms with van der Waals surface area (Å²) in [7, 11) is 1.63. The number of hydrogen-bond acceptors (Lipinski definition) is 3. The number of rotatable bonds is 4. The van der Waals surface area contributed by atoms with Gasteiger partial charge in [0.2, 0.25) is 0 Å². The molecule has 0 aromatic heterocycles. The molecule has 1 heterocycles. The third-order valence-electron chi connectivity index (χ3n) is 4.20. The minimum Gasteiger partial charge on any atom is -0.497 e. The largest absolute Gasteiger partial charge is 0.497 e. The van der Waals surface area contributed by atoms with Crippen LogP contribution in [0.5, 0.6) is 5.75 Å². The Morgan fingerprint density at radius 2 is 1.75 bits per heavy atom. The first-order valence-corrected chi connectivity index (χ1v) is 7.43. The first-order chi connectivity index (χ1) is 9.51. The van der Waals surface area contributed by atoms with E-state index in [1.54, 1.807) is 7.11 Å². The number of piperidine rings is 1. The van der Waals surface area contributed by atoms with E-state index < -0.39 is 0 Å². The predicted octanol–water partition coefficient (Wildman–Crippen LogP) is 3.24. The first-order valence-electron chi connectivity index (χ1n) is 7.43. The van der Waals surface area contributed by atoms with Crippen molar-refractivity contribution in [3.8, 4) is 5.75 Å². The van der Waals surface area contributed by atoms with Gasteiger partial charge in [0.25, 0.3) is 0 Å². The number of methoxy groups -OCH3 is 1. The summed E-state index contributed by atoms with van der Waals surface area (Å²) < 4.78 is 5.13. The van der Waals surface area contributed by atoms with Gasteiger partial charge in [-0.2, -0.15) is 0 Å². The highest BCUT2D eigenvalue weighted by atomic mass is 16.5. The van der Waals surface area contributed by atoms with Crippen molar-refractivity contribution in [2.45, 2.75) is 33.2 Å². The van der Waals surface area contributed by atoms with Crippen molar-refractivity contribution in [2.24, 2.45) is 11.8 Å². The molecule has 0 N–H and O–H groups in total. The zero-order chi connectivity index (χ0) is 14.7. The number of Topliss-reactive ketones (excluding diaryl/α,β-unsaturated/α-hetero) is 1. The van der Waals surface area contributed by atoms with E-state index in [0.29, 0.717) is 11.8 Å². The lowest BCUT2D eigenvalue weighted by Crippen LogP contribution is -2.47. The minimum atomic E-state index is -0.0476. The van der Waals surface area contributed by atoms with Gasteiger partial charge in [-0.05, 0) is 49.4 Å². The van der Waals surface area contributed by atoms with Crippen molar-refractivity contribution in [2.75, 3.05) is 20.2 Å². The summed E-state index contributed by atoms with van der Waals surface area (Å²) in [5.74, 6) is 2.33. The lowest BCUT2D eigenvalue weighted by atomic mass is 9.90. The van der Waals surface area contributed by atoms with Crippen LogP contribution in [0.4, 0.5) is 0 Å². The van der Waals surface area contributed by atoms with E-state index in [9.17, 15) is 4.79 Å². The standard InChI is InChI=1S/C17H25NO2/c1-12-9-13(2)11-18(10-12)14(3)17(19)15-5-7-16(20-4)8-6-15/h5-8,12-14H,9-11H2,1-4H3. The Morgan fingerprint density at radius 3 is 2.25 bits per heavy atom. The average molecular weight is 275 g/mol. The van der Waals surface area contributed by atoms with Crippen LogP contribution in [-0.2, 0) is 0 Å². The number of ketones is 1. The van der Waals surface area contributed by atoms with Crippen LogP contribution in [0.25, 0.3) is 0 Å². The van der Waals surface area contributed by atoms with Crippen LogP contribution in [-0.4, -0.2) is 36.9 Å². The van der Waals surface area contributed by atoms with Crippen LogP contribution in [0.3, 0.4) is 0 Å². The molecular formula is C17H25NO2. The van der Waals surface area contributed by atoms with E-state index in [2.05, 4.69) is 18.7 Å². The monoisotopic (exact) mass is 275 g/mol. The normalized spacial score (nSPS) is 25.2. The van der Waals surface area contributed by atoms with Gasteiger partial charge in [-0.15, -0.1) is 0 Å². The van der Waals surface area contributed by atoms with Gasteiger partial charge in [-0.25, -0.2) is 0 Å². The lowest BCUT2D eigenvalue weighted by Gasteiger charge is -2.38. The van der Waals surface area contributed by atoms with Gasteiger partial charge in [-0.1, -0.05) is 13.8 Å². The SMILES string of the molecule is COc1ccc(C(=O)C(C)N2CC(C)CC(C)C2)cc1. The van der Waals surface area contributed by atoms with E-state index in [0.717, 1.165) is 24.4 Å². The summed E-state index contributed by atoms with van der Waals surface area (Å²) in [6, 6.07) is 7.36. The van der Waals surface area contributed by atoms with Gasteiger partial charge in [0.05, 0.1) is 13.2 Å². The number of ether oxygens (including phenoxy) is 1. The van der Waals surface area contributed by atoms with Crippen LogP contribution in [0.15, 0.2) is 24.3 Å². The third-order valence-corrected chi connectivity index (χ3v) is 4.20. The molecule has 3 heteroatoms. The highest BCUT2D eigenvalue weighted by molar-refractivity contribution is 5.99. The topological polar surface area (TPSA) is 29.5 Å². The third kappa shape index (κ3) is 3.40. The van der Waals surface area contributed by atoms with Gasteiger partial charge >= 0.3 is 0 Å². The van der Waals surface area contributed by atoms with E-state index in [-0.39, 0.29) is 11.8 Å². The fourth-order valence-corrected chi connectivity index (χ4v) is 3.19. The molecule has 0 bridgehead atoms. The van der Waals surface area contributed by atoms with Crippen molar-refractivity contribution < 1.29 is 9.53 Å². The van der Waals surface area contributed by atoms with Crippen molar-refractivity contribution in [3.05, 3.63) is 29.8 Å². The lowest BCUT2D eigenvalue weighted by molar-refractivity contribution is 0.0686. The van der Waals surface area contributed by atoms with Crippen molar-refractivity contribution in [3.63, 3.8) is 0 Å². The Bertz CT molecular complexity index is 445. The summed E-state index contributed by atoms with van der Waals surface area (Å²) in [6.07, 6.45) is 1.26. The minimum absolute atomic E-state index is 0.0476. The summed E-state index contributed by atoms with van der Waals surface area (Å²) in [6.45, 7) is 8.61. The molecule has 1 aliphatic heterocycles. The van der Waals surface area contributed by atoms with Crippen LogP contribution < -0.4 is 4.74 Å². The van der Waals surface area contributed by atoms with Gasteiger partial charge in [0.1, 0.15) is 5.75 Å². The summed E-state index contributed by atoms with van der Waals surface area (Å²) in [5.41, 5.74) is 0.768. The van der Waals surface area contributed by atoms with Gasteiger partial charge in [0, 0.05) is 18.7 Å². The second kappa shape index (κ2) is 6.40. The van der Waals surface area contributed by atoms with Crippen LogP contribution in [0.2, 0.25) is 0 Å². The number of carbonyl (C=O) groups excluding carboxylic acids is 1. The molecule has 0 saturated carbocycles. The summed E-state index contributed by atoms with van der Waals surface area (Å²) in [4.78, 5) is 14.9. The highest BCUT2D eigenvalue weighted by Crippen LogP contribution is 2.24. The molecule has 2 rings (SSSR count). The Kier molecular flexibility index (Phi) is 4.81. The second-order valence-corrected chi connectivity index (χ2v) is 6.17. The molecule has 0 radical (unpaired) electrons. The van der Waals surface area contributed by atoms with E-state index >= 15 is 0 Å². The van der Waals surface area contributed by atoms with Crippen LogP contribution >= 0.6 is 0 Å². The van der Waals surface area contributed by atoms with E-state index in [1.807, 2.05) is 31.2 Å². The highest BCUT2D eigenvalue weighted by Gasteiger charge is 2.29. The van der Waals surface area contributed by atoms with E-state index in [1.165, 1.54) is 6.42 Å². The Balaban J connectivity index is 2.07. The van der Waals surface area contributed by atoms with Crippen LogP contribution in [0.1, 0.15) is 37.6 Å². The second-order valence-electron chi connectivity index (χ2n) is 6.17. The quantitative estimate of drug-likeness (QED) is 0.790. The molecule has 3 nitrogen and oxygen atoms in total. The molecule has 3 atom stereocenters. The zero-order valence-electron chi connectivity index (χ0n) is 12.9. The predicted molar refractivity (Wildman–Crippen MR) is 81.3 cm³/mol. The maximum atomic E-state index is 12.6. The molecule has 110 valence electrons. The molecule has 1 aliphatic rings. The molecule has 20 heavy (non-hydrogen) atoms. The number of benzene rings is 1. The Labute approximate surface area is 121 Å². The maximum absolute atomic E-state index is 12.6. The molecule has 1 fully saturated rings. The average Bonchev–Trinajstić information content (AvgIpc) is 2.45.